The third-order valence-corrected chi connectivity index (χ3v) is 6.70. The Kier molecular flexibility index (Phi) is 5.62. The first kappa shape index (κ1) is 23.4. The Morgan fingerprint density at radius 2 is 1.91 bits per heavy atom. The highest BCUT2D eigenvalue weighted by Gasteiger charge is 2.42. The number of hydrogen-bond acceptors (Lipinski definition) is 6. The molecule has 2 heterocycles. The molecular formula is C18H16F5N5O3S. The van der Waals surface area contributed by atoms with Gasteiger partial charge < -0.3 is 11.1 Å². The average molecular weight is 477 g/mol. The molecule has 0 radical (unpaired) electrons. The summed E-state index contributed by atoms with van der Waals surface area (Å²) in [5.41, 5.74) is 1.14. The van der Waals surface area contributed by atoms with Crippen LogP contribution in [0.4, 0.5) is 27.6 Å². The Bertz CT molecular complexity index is 1230. The zero-order chi connectivity index (χ0) is 24.1. The number of halogens is 5. The number of anilines is 1. The maximum absolute atomic E-state index is 14.6. The summed E-state index contributed by atoms with van der Waals surface area (Å²) in [5, 5.41) is 2.13. The zero-order valence-electron chi connectivity index (χ0n) is 16.5. The quantitative estimate of drug-likeness (QED) is 0.659. The maximum atomic E-state index is 14.6. The molecule has 172 valence electrons. The van der Waals surface area contributed by atoms with Gasteiger partial charge in [0.2, 0.25) is 16.0 Å². The van der Waals surface area contributed by atoms with E-state index in [1.54, 1.807) is 0 Å². The first-order valence-electron chi connectivity index (χ1n) is 8.80. The van der Waals surface area contributed by atoms with Gasteiger partial charge in [0.05, 0.1) is 11.3 Å². The van der Waals surface area contributed by atoms with Crippen LogP contribution in [0, 0.1) is 11.6 Å². The molecule has 0 saturated heterocycles. The molecule has 3 N–H and O–H groups in total. The van der Waals surface area contributed by atoms with E-state index in [1.807, 2.05) is 0 Å². The van der Waals surface area contributed by atoms with Crippen molar-refractivity contribution >= 4 is 27.6 Å². The standard InChI is InChI=1S/C18H16F5N5O3S/c1-17(8-32(30,31)28(2)16(24)27-17)11-6-10(7-12(19)14(11)20)26-15(29)13-5-9(3-4-25-13)18(21,22)23/h3-7H,8H2,1-2H3,(H2,24,27)(H,26,29)/t17-/m0/s1. The highest BCUT2D eigenvalue weighted by atomic mass is 32.2. The first-order valence-corrected chi connectivity index (χ1v) is 10.4. The fourth-order valence-corrected chi connectivity index (χ4v) is 4.52. The van der Waals surface area contributed by atoms with E-state index in [1.165, 1.54) is 6.92 Å². The number of carbonyl (C=O) groups excluding carboxylic acids is 1. The molecule has 0 unspecified atom stereocenters. The normalized spacial score (nSPS) is 20.6. The van der Waals surface area contributed by atoms with Crippen LogP contribution in [-0.2, 0) is 21.7 Å². The lowest BCUT2D eigenvalue weighted by molar-refractivity contribution is -0.137. The first-order chi connectivity index (χ1) is 14.6. The number of carbonyl (C=O) groups is 1. The number of amides is 1. The minimum atomic E-state index is -4.72. The number of aromatic nitrogens is 1. The molecule has 3 rings (SSSR count). The summed E-state index contributed by atoms with van der Waals surface area (Å²) in [6.07, 6.45) is -3.95. The minimum absolute atomic E-state index is 0.352. The smallest absolute Gasteiger partial charge is 0.369 e. The summed E-state index contributed by atoms with van der Waals surface area (Å²) < 4.78 is 92.7. The summed E-state index contributed by atoms with van der Waals surface area (Å²) >= 11 is 0. The second kappa shape index (κ2) is 7.69. The second-order valence-electron chi connectivity index (χ2n) is 7.17. The van der Waals surface area contributed by atoms with Gasteiger partial charge in [-0.1, -0.05) is 0 Å². The van der Waals surface area contributed by atoms with Gasteiger partial charge in [-0.25, -0.2) is 26.5 Å². The SMILES string of the molecule is CN1C(N)=N[C@](C)(c2cc(NC(=O)c3cc(C(F)(F)F)ccn3)cc(F)c2F)CS1(=O)=O. The van der Waals surface area contributed by atoms with Crippen LogP contribution in [0.1, 0.15) is 28.5 Å². The Morgan fingerprint density at radius 3 is 2.50 bits per heavy atom. The molecule has 8 nitrogen and oxygen atoms in total. The topological polar surface area (TPSA) is 118 Å². The van der Waals surface area contributed by atoms with Gasteiger partial charge in [-0.3, -0.25) is 9.78 Å². The van der Waals surface area contributed by atoms with E-state index in [0.717, 1.165) is 19.3 Å². The largest absolute Gasteiger partial charge is 0.416 e. The van der Waals surface area contributed by atoms with Gasteiger partial charge in [-0.2, -0.15) is 13.2 Å². The highest BCUT2D eigenvalue weighted by Crippen LogP contribution is 2.36. The fraction of sp³-hybridized carbons (Fsp3) is 0.278. The van der Waals surface area contributed by atoms with Crippen molar-refractivity contribution in [3.05, 3.63) is 58.9 Å². The number of rotatable bonds is 3. The number of nitrogens with zero attached hydrogens (tertiary/aromatic N) is 3. The van der Waals surface area contributed by atoms with Gasteiger partial charge in [0.25, 0.3) is 5.91 Å². The van der Waals surface area contributed by atoms with Crippen molar-refractivity contribution in [2.75, 3.05) is 18.1 Å². The fourth-order valence-electron chi connectivity index (χ4n) is 3.07. The Balaban J connectivity index is 2.01. The van der Waals surface area contributed by atoms with Gasteiger partial charge in [0.15, 0.2) is 11.6 Å². The summed E-state index contributed by atoms with van der Waals surface area (Å²) in [5.74, 6) is -5.20. The van der Waals surface area contributed by atoms with Crippen LogP contribution in [0.3, 0.4) is 0 Å². The van der Waals surface area contributed by atoms with Crippen molar-refractivity contribution in [3.8, 4) is 0 Å². The minimum Gasteiger partial charge on any atom is -0.369 e. The number of pyridine rings is 1. The lowest BCUT2D eigenvalue weighted by Crippen LogP contribution is -2.50. The van der Waals surface area contributed by atoms with Gasteiger partial charge in [-0.15, -0.1) is 0 Å². The van der Waals surface area contributed by atoms with Crippen LogP contribution in [0.5, 0.6) is 0 Å². The maximum Gasteiger partial charge on any atom is 0.416 e. The van der Waals surface area contributed by atoms with E-state index < -0.39 is 67.8 Å². The van der Waals surface area contributed by atoms with Crippen molar-refractivity contribution in [1.82, 2.24) is 9.29 Å². The number of nitrogens with one attached hydrogen (secondary N) is 1. The number of guanidine groups is 1. The molecule has 0 fully saturated rings. The predicted molar refractivity (Wildman–Crippen MR) is 104 cm³/mol. The molecule has 14 heteroatoms. The Hall–Kier alpha value is -3.29. The molecule has 0 aliphatic carbocycles. The lowest BCUT2D eigenvalue weighted by Gasteiger charge is -2.34. The van der Waals surface area contributed by atoms with Gasteiger partial charge in [0.1, 0.15) is 11.2 Å². The van der Waals surface area contributed by atoms with E-state index in [2.05, 4.69) is 15.3 Å². The van der Waals surface area contributed by atoms with Gasteiger partial charge in [-0.05, 0) is 25.1 Å². The molecule has 32 heavy (non-hydrogen) atoms. The van der Waals surface area contributed by atoms with Crippen molar-refractivity contribution in [1.29, 1.82) is 0 Å². The molecule has 0 bridgehead atoms. The van der Waals surface area contributed by atoms with Crippen molar-refractivity contribution < 1.29 is 35.2 Å². The second-order valence-corrected chi connectivity index (χ2v) is 9.17. The molecule has 2 aromatic rings. The molecular weight excluding hydrogens is 461 g/mol. The van der Waals surface area contributed by atoms with E-state index in [0.29, 0.717) is 22.5 Å². The highest BCUT2D eigenvalue weighted by molar-refractivity contribution is 7.89. The van der Waals surface area contributed by atoms with Crippen LogP contribution in [-0.4, -0.2) is 42.4 Å². The summed E-state index contributed by atoms with van der Waals surface area (Å²) in [6, 6.07) is 2.67. The van der Waals surface area contributed by atoms with Crippen LogP contribution in [0.25, 0.3) is 0 Å². The summed E-state index contributed by atoms with van der Waals surface area (Å²) in [6.45, 7) is 1.21. The van der Waals surface area contributed by atoms with Crippen molar-refractivity contribution in [3.63, 3.8) is 0 Å². The monoisotopic (exact) mass is 477 g/mol. The third-order valence-electron chi connectivity index (χ3n) is 4.75. The van der Waals surface area contributed by atoms with Crippen LogP contribution in [0.15, 0.2) is 35.5 Å². The third kappa shape index (κ3) is 4.35. The molecule has 1 aliphatic heterocycles. The summed E-state index contributed by atoms with van der Waals surface area (Å²) in [7, 11) is -2.87. The van der Waals surface area contributed by atoms with Crippen LogP contribution < -0.4 is 11.1 Å². The number of nitrogens with two attached hydrogens (primary N) is 1. The average Bonchev–Trinajstić information content (AvgIpc) is 2.67. The van der Waals surface area contributed by atoms with Gasteiger partial charge in [0, 0.05) is 30.6 Å². The van der Waals surface area contributed by atoms with E-state index >= 15 is 0 Å². The Morgan fingerprint density at radius 1 is 1.25 bits per heavy atom. The van der Waals surface area contributed by atoms with E-state index in [9.17, 15) is 35.2 Å². The molecule has 1 aliphatic rings. The van der Waals surface area contributed by atoms with Crippen LogP contribution in [0.2, 0.25) is 0 Å². The lowest BCUT2D eigenvalue weighted by atomic mass is 9.93. The van der Waals surface area contributed by atoms with E-state index in [-0.39, 0.29) is 5.69 Å². The molecule has 1 amide bonds. The molecule has 1 atom stereocenters. The van der Waals surface area contributed by atoms with Crippen molar-refractivity contribution in [2.45, 2.75) is 18.6 Å². The molecule has 1 aromatic carbocycles. The number of benzene rings is 1. The van der Waals surface area contributed by atoms with E-state index in [4.69, 9.17) is 5.73 Å². The number of hydrogen-bond donors (Lipinski definition) is 2. The molecule has 1 aromatic heterocycles. The Labute approximate surface area is 179 Å². The molecule has 0 saturated carbocycles. The van der Waals surface area contributed by atoms with Crippen molar-refractivity contribution in [2.24, 2.45) is 10.7 Å². The van der Waals surface area contributed by atoms with Gasteiger partial charge >= 0.3 is 6.18 Å². The number of sulfonamides is 1. The number of aliphatic imine (C=N–C) groups is 1. The van der Waals surface area contributed by atoms with Crippen LogP contribution >= 0.6 is 0 Å². The molecule has 0 spiro atoms. The predicted octanol–water partition coefficient (Wildman–Crippen LogP) is 2.44. The summed E-state index contributed by atoms with van der Waals surface area (Å²) in [4.78, 5) is 19.9. The number of alkyl halides is 3. The zero-order valence-corrected chi connectivity index (χ0v) is 17.4.